The average molecular weight is 536 g/mol. The Kier molecular flexibility index (Phi) is 8.94. The van der Waals surface area contributed by atoms with Gasteiger partial charge in [0.25, 0.3) is 0 Å². The van der Waals surface area contributed by atoms with Crippen LogP contribution in [0.15, 0.2) is 54.7 Å². The highest BCUT2D eigenvalue weighted by molar-refractivity contribution is 6.31. The summed E-state index contributed by atoms with van der Waals surface area (Å²) in [4.78, 5) is 27.0. The van der Waals surface area contributed by atoms with E-state index in [1.165, 1.54) is 19.3 Å². The van der Waals surface area contributed by atoms with E-state index in [-0.39, 0.29) is 12.5 Å². The molecule has 1 saturated heterocycles. The van der Waals surface area contributed by atoms with Gasteiger partial charge in [-0.05, 0) is 81.5 Å². The molecule has 3 aromatic rings. The fraction of sp³-hybridized carbons (Fsp3) is 0.414. The van der Waals surface area contributed by atoms with Gasteiger partial charge in [0.1, 0.15) is 0 Å². The monoisotopic (exact) mass is 535 g/mol. The summed E-state index contributed by atoms with van der Waals surface area (Å²) < 4.78 is 12.2. The lowest BCUT2D eigenvalue weighted by molar-refractivity contribution is -0.117. The van der Waals surface area contributed by atoms with Gasteiger partial charge < -0.3 is 19.7 Å². The maximum Gasteiger partial charge on any atom is 0.238 e. The second-order valence-electron chi connectivity index (χ2n) is 9.75. The minimum atomic E-state index is -0.137. The topological polar surface area (TPSA) is 79.8 Å². The third-order valence-electron chi connectivity index (χ3n) is 6.75. The average Bonchev–Trinajstić information content (AvgIpc) is 2.93. The first-order chi connectivity index (χ1) is 18.6. The second-order valence-corrected chi connectivity index (χ2v) is 10.2. The number of nitrogens with one attached hydrogen (secondary N) is 1. The summed E-state index contributed by atoms with van der Waals surface area (Å²) in [5.74, 6) is 2.41. The van der Waals surface area contributed by atoms with Gasteiger partial charge in [0, 0.05) is 30.9 Å². The molecule has 1 amide bonds. The van der Waals surface area contributed by atoms with E-state index in [2.05, 4.69) is 20.1 Å². The Balaban J connectivity index is 1.34. The lowest BCUT2D eigenvalue weighted by Crippen LogP contribution is -2.34. The quantitative estimate of drug-likeness (QED) is 0.446. The number of amides is 1. The van der Waals surface area contributed by atoms with E-state index in [9.17, 15) is 4.79 Å². The van der Waals surface area contributed by atoms with Crippen molar-refractivity contribution in [3.05, 3.63) is 65.4 Å². The van der Waals surface area contributed by atoms with Crippen LogP contribution in [0, 0.1) is 0 Å². The Labute approximate surface area is 228 Å². The van der Waals surface area contributed by atoms with E-state index in [1.807, 2.05) is 36.5 Å². The number of piperidine rings is 1. The number of hydrogen-bond acceptors (Lipinski definition) is 7. The fourth-order valence-corrected chi connectivity index (χ4v) is 4.98. The van der Waals surface area contributed by atoms with Crippen LogP contribution in [0.4, 0.5) is 11.6 Å². The summed E-state index contributed by atoms with van der Waals surface area (Å²) in [7, 11) is 0. The standard InChI is InChI=1S/C29H34ClN5O3/c30-22-11-12-25-24(19-22)33-28(36)21-34(15-5-2-8-18-37-26-9-3-4-10-27(26)38-25)20-23-13-14-31-29(32-23)35-16-6-1-7-17-35/h3-4,9-14,19H,1-2,5-8,15-18,20-21H2,(H,33,36). The van der Waals surface area contributed by atoms with Crippen LogP contribution >= 0.6 is 11.6 Å². The van der Waals surface area contributed by atoms with E-state index in [0.717, 1.165) is 50.5 Å². The number of carbonyl (C=O) groups is 1. The Morgan fingerprint density at radius 1 is 0.895 bits per heavy atom. The van der Waals surface area contributed by atoms with Crippen molar-refractivity contribution in [2.75, 3.05) is 43.0 Å². The van der Waals surface area contributed by atoms with Crippen molar-refractivity contribution in [3.63, 3.8) is 0 Å². The summed E-state index contributed by atoms with van der Waals surface area (Å²) in [5.41, 5.74) is 1.43. The summed E-state index contributed by atoms with van der Waals surface area (Å²) in [5, 5.41) is 3.52. The molecule has 38 heavy (non-hydrogen) atoms. The van der Waals surface area contributed by atoms with Gasteiger partial charge in [-0.25, -0.2) is 9.97 Å². The molecule has 0 saturated carbocycles. The first-order valence-corrected chi connectivity index (χ1v) is 13.8. The number of halogens is 1. The molecule has 2 aliphatic heterocycles. The predicted molar refractivity (Wildman–Crippen MR) is 149 cm³/mol. The van der Waals surface area contributed by atoms with Crippen molar-refractivity contribution < 1.29 is 14.3 Å². The number of nitrogens with zero attached hydrogens (tertiary/aromatic N) is 4. The third-order valence-corrected chi connectivity index (χ3v) is 6.99. The van der Waals surface area contributed by atoms with Crippen molar-refractivity contribution in [2.45, 2.75) is 45.1 Å². The van der Waals surface area contributed by atoms with E-state index < -0.39 is 0 Å². The van der Waals surface area contributed by atoms with Gasteiger partial charge in [0.15, 0.2) is 17.2 Å². The Morgan fingerprint density at radius 2 is 1.68 bits per heavy atom. The number of hydrogen-bond donors (Lipinski definition) is 1. The number of rotatable bonds is 3. The Morgan fingerprint density at radius 3 is 2.55 bits per heavy atom. The molecule has 8 nitrogen and oxygen atoms in total. The number of aromatic nitrogens is 2. The van der Waals surface area contributed by atoms with Gasteiger partial charge in [-0.3, -0.25) is 9.69 Å². The zero-order valence-electron chi connectivity index (χ0n) is 21.6. The molecule has 0 bridgehead atoms. The SMILES string of the molecule is O=C1CN(Cc2ccnc(N3CCCCC3)n2)CCCCCOc2ccccc2Oc2ccc(Cl)cc2N1. The van der Waals surface area contributed by atoms with Gasteiger partial charge in [0.2, 0.25) is 11.9 Å². The van der Waals surface area contributed by atoms with Crippen molar-refractivity contribution in [3.8, 4) is 17.2 Å². The minimum absolute atomic E-state index is 0.137. The lowest BCUT2D eigenvalue weighted by Gasteiger charge is -2.27. The predicted octanol–water partition coefficient (Wildman–Crippen LogP) is 5.92. The van der Waals surface area contributed by atoms with E-state index in [0.29, 0.717) is 41.1 Å². The van der Waals surface area contributed by atoms with Crippen LogP contribution in [0.25, 0.3) is 0 Å². The van der Waals surface area contributed by atoms with Crippen LogP contribution in [0.1, 0.15) is 44.2 Å². The summed E-state index contributed by atoms with van der Waals surface area (Å²) in [6.45, 7) is 4.14. The van der Waals surface area contributed by atoms with Gasteiger partial charge >= 0.3 is 0 Å². The Bertz CT molecular complexity index is 1230. The number of para-hydroxylation sites is 2. The zero-order chi connectivity index (χ0) is 26.2. The number of anilines is 2. The van der Waals surface area contributed by atoms with Crippen molar-refractivity contribution in [1.29, 1.82) is 0 Å². The van der Waals surface area contributed by atoms with Crippen molar-refractivity contribution >= 4 is 29.1 Å². The van der Waals surface area contributed by atoms with Crippen LogP contribution < -0.4 is 19.7 Å². The van der Waals surface area contributed by atoms with E-state index in [4.69, 9.17) is 26.1 Å². The minimum Gasteiger partial charge on any atom is -0.490 e. The maximum absolute atomic E-state index is 13.2. The molecule has 1 N–H and O–H groups in total. The fourth-order valence-electron chi connectivity index (χ4n) is 4.81. The number of ether oxygens (including phenoxy) is 2. The van der Waals surface area contributed by atoms with Crippen molar-refractivity contribution in [1.82, 2.24) is 14.9 Å². The molecule has 2 aromatic carbocycles. The third kappa shape index (κ3) is 7.14. The van der Waals surface area contributed by atoms with E-state index in [1.54, 1.807) is 18.2 Å². The summed E-state index contributed by atoms with van der Waals surface area (Å²) >= 11 is 6.27. The molecule has 1 fully saturated rings. The molecule has 9 heteroatoms. The smallest absolute Gasteiger partial charge is 0.238 e. The molecule has 5 rings (SSSR count). The molecule has 0 aliphatic carbocycles. The van der Waals surface area contributed by atoms with Gasteiger partial charge in [-0.1, -0.05) is 23.7 Å². The van der Waals surface area contributed by atoms with Gasteiger partial charge in [-0.2, -0.15) is 0 Å². The largest absolute Gasteiger partial charge is 0.490 e. The second kappa shape index (κ2) is 12.9. The number of benzene rings is 2. The van der Waals surface area contributed by atoms with E-state index >= 15 is 0 Å². The Hall–Kier alpha value is -3.36. The molecular weight excluding hydrogens is 502 g/mol. The van der Waals surface area contributed by atoms with Crippen LogP contribution in [0.5, 0.6) is 17.2 Å². The summed E-state index contributed by atoms with van der Waals surface area (Å²) in [6, 6.07) is 14.7. The molecular formula is C29H34ClN5O3. The summed E-state index contributed by atoms with van der Waals surface area (Å²) in [6.07, 6.45) is 8.27. The molecule has 0 spiro atoms. The molecule has 200 valence electrons. The normalized spacial score (nSPS) is 17.6. The van der Waals surface area contributed by atoms with Crippen LogP contribution in [0.3, 0.4) is 0 Å². The number of carbonyl (C=O) groups excluding carboxylic acids is 1. The zero-order valence-corrected chi connectivity index (χ0v) is 22.3. The molecule has 0 unspecified atom stereocenters. The highest BCUT2D eigenvalue weighted by atomic mass is 35.5. The van der Waals surface area contributed by atoms with Gasteiger partial charge in [-0.15, -0.1) is 0 Å². The molecule has 1 aromatic heterocycles. The highest BCUT2D eigenvalue weighted by Gasteiger charge is 2.18. The molecule has 0 radical (unpaired) electrons. The van der Waals surface area contributed by atoms with Crippen LogP contribution in [-0.2, 0) is 11.3 Å². The van der Waals surface area contributed by atoms with Crippen molar-refractivity contribution in [2.24, 2.45) is 0 Å². The van der Waals surface area contributed by atoms with Crippen LogP contribution in [-0.4, -0.2) is 53.6 Å². The molecule has 3 heterocycles. The van der Waals surface area contributed by atoms with Crippen LogP contribution in [0.2, 0.25) is 5.02 Å². The molecule has 0 atom stereocenters. The van der Waals surface area contributed by atoms with Gasteiger partial charge in [0.05, 0.1) is 24.5 Å². The number of fused-ring (bicyclic) bond motifs is 2. The first-order valence-electron chi connectivity index (χ1n) is 13.4. The maximum atomic E-state index is 13.2. The first kappa shape index (κ1) is 26.3. The highest BCUT2D eigenvalue weighted by Crippen LogP contribution is 2.36. The molecule has 2 aliphatic rings. The lowest BCUT2D eigenvalue weighted by atomic mass is 10.1.